The van der Waals surface area contributed by atoms with Gasteiger partial charge in [0.1, 0.15) is 11.0 Å². The molecule has 3 nitrogen and oxygen atoms in total. The van der Waals surface area contributed by atoms with Crippen molar-refractivity contribution >= 4 is 34.9 Å². The second-order valence-corrected chi connectivity index (χ2v) is 7.75. The number of thioether (sulfide) groups is 1. The molecule has 1 aliphatic rings. The van der Waals surface area contributed by atoms with Crippen molar-refractivity contribution in [2.75, 3.05) is 0 Å². The van der Waals surface area contributed by atoms with E-state index in [-0.39, 0.29) is 11.3 Å². The van der Waals surface area contributed by atoms with Gasteiger partial charge in [-0.05, 0) is 56.4 Å². The van der Waals surface area contributed by atoms with Crippen molar-refractivity contribution in [1.29, 1.82) is 0 Å². The van der Waals surface area contributed by atoms with Gasteiger partial charge in [-0.2, -0.15) is 0 Å². The Hall–Kier alpha value is -0.970. The van der Waals surface area contributed by atoms with Crippen LogP contribution in [0.1, 0.15) is 33.3 Å². The predicted molar refractivity (Wildman–Crippen MR) is 88.9 cm³/mol. The second-order valence-electron chi connectivity index (χ2n) is 6.30. The fraction of sp³-hybridized carbons (Fsp3) is 0.438. The number of halogens is 1. The maximum atomic E-state index is 12.7. The lowest BCUT2D eigenvalue weighted by atomic mass is 9.79. The third-order valence-electron chi connectivity index (χ3n) is 3.44. The zero-order chi connectivity index (χ0) is 15.8. The van der Waals surface area contributed by atoms with Crippen LogP contribution >= 0.6 is 23.4 Å². The summed E-state index contributed by atoms with van der Waals surface area (Å²) in [6, 6.07) is 7.41. The van der Waals surface area contributed by atoms with Crippen molar-refractivity contribution in [3.63, 3.8) is 0 Å². The molecule has 2 unspecified atom stereocenters. The topological polar surface area (TPSA) is 52.3 Å². The number of esters is 1. The molecule has 2 atom stereocenters. The first-order valence-electron chi connectivity index (χ1n) is 6.75. The highest BCUT2D eigenvalue weighted by Crippen LogP contribution is 2.49. The summed E-state index contributed by atoms with van der Waals surface area (Å²) < 4.78 is 5.57. The lowest BCUT2D eigenvalue weighted by Crippen LogP contribution is -2.45. The average Bonchev–Trinajstić information content (AvgIpc) is 2.67. The van der Waals surface area contributed by atoms with Crippen molar-refractivity contribution in [3.05, 3.63) is 40.3 Å². The van der Waals surface area contributed by atoms with Crippen LogP contribution in [0, 0.1) is 5.41 Å². The molecule has 0 bridgehead atoms. The number of benzene rings is 1. The number of carbonyl (C=O) groups excluding carboxylic acids is 1. The second kappa shape index (κ2) is 5.67. The molecule has 0 spiro atoms. The molecule has 2 rings (SSSR count). The summed E-state index contributed by atoms with van der Waals surface area (Å²) in [4.78, 5) is 12.7. The number of rotatable bonds is 2. The molecule has 21 heavy (non-hydrogen) atoms. The number of hydrogen-bond donors (Lipinski definition) is 1. The van der Waals surface area contributed by atoms with Crippen LogP contribution in [0.3, 0.4) is 0 Å². The Morgan fingerprint density at radius 1 is 1.33 bits per heavy atom. The molecule has 2 N–H and O–H groups in total. The molecule has 0 amide bonds. The molecule has 1 aromatic carbocycles. The SMILES string of the molecule is CC(C)(C)OC(=O)C1(C)C(c2ccc(Cl)cc2)=CSC1N. The Morgan fingerprint density at radius 2 is 1.90 bits per heavy atom. The van der Waals surface area contributed by atoms with E-state index in [9.17, 15) is 4.79 Å². The van der Waals surface area contributed by atoms with E-state index in [2.05, 4.69) is 0 Å². The first-order valence-corrected chi connectivity index (χ1v) is 8.08. The normalized spacial score (nSPS) is 25.6. The van der Waals surface area contributed by atoms with Gasteiger partial charge >= 0.3 is 5.97 Å². The van der Waals surface area contributed by atoms with E-state index in [1.165, 1.54) is 11.8 Å². The van der Waals surface area contributed by atoms with Crippen LogP contribution in [-0.4, -0.2) is 16.9 Å². The molecule has 0 radical (unpaired) electrons. The van der Waals surface area contributed by atoms with Crippen LogP contribution < -0.4 is 5.73 Å². The van der Waals surface area contributed by atoms with Crippen LogP contribution in [0.2, 0.25) is 5.02 Å². The van der Waals surface area contributed by atoms with E-state index < -0.39 is 11.0 Å². The van der Waals surface area contributed by atoms with Crippen LogP contribution in [0.4, 0.5) is 0 Å². The summed E-state index contributed by atoms with van der Waals surface area (Å²) in [5.74, 6) is -0.297. The van der Waals surface area contributed by atoms with Gasteiger partial charge in [0.15, 0.2) is 0 Å². The summed E-state index contributed by atoms with van der Waals surface area (Å²) >= 11 is 7.37. The highest BCUT2D eigenvalue weighted by atomic mass is 35.5. The number of carbonyl (C=O) groups is 1. The third kappa shape index (κ3) is 3.28. The number of nitrogens with two attached hydrogens (primary N) is 1. The van der Waals surface area contributed by atoms with E-state index in [0.717, 1.165) is 11.1 Å². The zero-order valence-electron chi connectivity index (χ0n) is 12.6. The number of ether oxygens (including phenoxy) is 1. The first kappa shape index (κ1) is 16.4. The average molecular weight is 326 g/mol. The molecular formula is C16H20ClNO2S. The van der Waals surface area contributed by atoms with Crippen molar-refractivity contribution in [3.8, 4) is 0 Å². The van der Waals surface area contributed by atoms with Crippen molar-refractivity contribution < 1.29 is 9.53 Å². The smallest absolute Gasteiger partial charge is 0.319 e. The molecule has 1 heterocycles. The van der Waals surface area contributed by atoms with Crippen LogP contribution in [0.25, 0.3) is 5.57 Å². The van der Waals surface area contributed by atoms with E-state index >= 15 is 0 Å². The lowest BCUT2D eigenvalue weighted by molar-refractivity contribution is -0.162. The minimum absolute atomic E-state index is 0.297. The van der Waals surface area contributed by atoms with E-state index in [1.807, 2.05) is 57.4 Å². The van der Waals surface area contributed by atoms with Crippen molar-refractivity contribution in [2.24, 2.45) is 11.1 Å². The quantitative estimate of drug-likeness (QED) is 0.833. The van der Waals surface area contributed by atoms with Gasteiger partial charge in [0.2, 0.25) is 0 Å². The van der Waals surface area contributed by atoms with Gasteiger partial charge in [0.25, 0.3) is 0 Å². The molecule has 0 aliphatic carbocycles. The first-order chi connectivity index (χ1) is 9.64. The highest BCUT2D eigenvalue weighted by molar-refractivity contribution is 8.03. The minimum atomic E-state index is -0.869. The van der Waals surface area contributed by atoms with Gasteiger partial charge in [0, 0.05) is 5.02 Å². The molecule has 5 heteroatoms. The van der Waals surface area contributed by atoms with Gasteiger partial charge < -0.3 is 10.5 Å². The Morgan fingerprint density at radius 3 is 2.43 bits per heavy atom. The van der Waals surface area contributed by atoms with E-state index in [1.54, 1.807) is 0 Å². The summed E-state index contributed by atoms with van der Waals surface area (Å²) in [5, 5.41) is 2.24. The zero-order valence-corrected chi connectivity index (χ0v) is 14.2. The minimum Gasteiger partial charge on any atom is -0.459 e. The van der Waals surface area contributed by atoms with E-state index in [0.29, 0.717) is 5.02 Å². The van der Waals surface area contributed by atoms with Crippen LogP contribution in [0.15, 0.2) is 29.7 Å². The highest BCUT2D eigenvalue weighted by Gasteiger charge is 2.49. The van der Waals surface area contributed by atoms with Crippen LogP contribution in [-0.2, 0) is 9.53 Å². The largest absolute Gasteiger partial charge is 0.459 e. The fourth-order valence-corrected chi connectivity index (χ4v) is 3.45. The monoisotopic (exact) mass is 325 g/mol. The van der Waals surface area contributed by atoms with E-state index in [4.69, 9.17) is 22.1 Å². The predicted octanol–water partition coefficient (Wildman–Crippen LogP) is 4.06. The molecule has 0 saturated carbocycles. The number of hydrogen-bond acceptors (Lipinski definition) is 4. The molecule has 1 aromatic rings. The maximum Gasteiger partial charge on any atom is 0.319 e. The molecule has 0 saturated heterocycles. The maximum absolute atomic E-state index is 12.7. The van der Waals surface area contributed by atoms with Crippen LogP contribution in [0.5, 0.6) is 0 Å². The van der Waals surface area contributed by atoms with Crippen molar-refractivity contribution in [2.45, 2.75) is 38.7 Å². The van der Waals surface area contributed by atoms with Gasteiger partial charge in [-0.25, -0.2) is 0 Å². The summed E-state index contributed by atoms with van der Waals surface area (Å²) in [6.07, 6.45) is 0. The summed E-state index contributed by atoms with van der Waals surface area (Å²) in [6.45, 7) is 7.40. The Balaban J connectivity index is 2.37. The fourth-order valence-electron chi connectivity index (χ4n) is 2.16. The van der Waals surface area contributed by atoms with Gasteiger partial charge in [-0.1, -0.05) is 23.7 Å². The molecule has 0 fully saturated rings. The standard InChI is InChI=1S/C16H20ClNO2S/c1-15(2,3)20-14(19)16(4)12(9-21-13(16)18)10-5-7-11(17)8-6-10/h5-9,13H,18H2,1-4H3. The summed E-state index contributed by atoms with van der Waals surface area (Å²) in [5.41, 5.74) is 6.58. The summed E-state index contributed by atoms with van der Waals surface area (Å²) in [7, 11) is 0. The molecule has 0 aromatic heterocycles. The van der Waals surface area contributed by atoms with Gasteiger partial charge in [-0.3, -0.25) is 4.79 Å². The molecule has 1 aliphatic heterocycles. The van der Waals surface area contributed by atoms with Gasteiger partial charge in [-0.15, -0.1) is 11.8 Å². The van der Waals surface area contributed by atoms with Crippen molar-refractivity contribution in [1.82, 2.24) is 0 Å². The Labute approximate surface area is 134 Å². The Kier molecular flexibility index (Phi) is 4.43. The van der Waals surface area contributed by atoms with Gasteiger partial charge in [0.05, 0.1) is 5.37 Å². The third-order valence-corrected chi connectivity index (χ3v) is 4.83. The molecular weight excluding hydrogens is 306 g/mol. The molecule has 114 valence electrons. The lowest BCUT2D eigenvalue weighted by Gasteiger charge is -2.33. The Bertz CT molecular complexity index is 577.